The second kappa shape index (κ2) is 5.45. The van der Waals surface area contributed by atoms with Gasteiger partial charge in [-0.2, -0.15) is 0 Å². The van der Waals surface area contributed by atoms with Crippen molar-refractivity contribution in [1.82, 2.24) is 0 Å². The lowest BCUT2D eigenvalue weighted by atomic mass is 9.74. The summed E-state index contributed by atoms with van der Waals surface area (Å²) in [7, 11) is 2.69. The molecule has 0 fully saturated rings. The normalized spacial score (nSPS) is 21.1. The predicted octanol–water partition coefficient (Wildman–Crippen LogP) is 1.43. The van der Waals surface area contributed by atoms with E-state index in [1.165, 1.54) is 0 Å². The first-order chi connectivity index (χ1) is 9.49. The maximum absolute atomic E-state index is 12.4. The van der Waals surface area contributed by atoms with Crippen LogP contribution in [-0.2, 0) is 20.7 Å². The molecule has 1 aromatic carbocycles. The molecule has 0 aromatic heterocycles. The van der Waals surface area contributed by atoms with Gasteiger partial charge in [-0.15, -0.1) is 0 Å². The van der Waals surface area contributed by atoms with Crippen molar-refractivity contribution >= 4 is 17.5 Å². The first kappa shape index (κ1) is 14.2. The third kappa shape index (κ3) is 2.31. The lowest BCUT2D eigenvalue weighted by Gasteiger charge is -2.27. The Kier molecular flexibility index (Phi) is 3.88. The monoisotopic (exact) mass is 276 g/mol. The lowest BCUT2D eigenvalue weighted by molar-refractivity contribution is -0.153. The molecule has 5 heteroatoms. The van der Waals surface area contributed by atoms with Crippen LogP contribution >= 0.6 is 0 Å². The highest BCUT2D eigenvalue weighted by Crippen LogP contribution is 2.33. The van der Waals surface area contributed by atoms with Crippen LogP contribution in [0.5, 0.6) is 5.75 Å². The fourth-order valence-corrected chi connectivity index (χ4v) is 2.60. The Labute approximate surface area is 116 Å². The number of carbonyl (C=O) groups is 3. The minimum atomic E-state index is -0.966. The van der Waals surface area contributed by atoms with Gasteiger partial charge in [0.25, 0.3) is 5.78 Å². The number of ketones is 2. The van der Waals surface area contributed by atoms with Gasteiger partial charge in [0.2, 0.25) is 0 Å². The Morgan fingerprint density at radius 1 is 1.25 bits per heavy atom. The fourth-order valence-electron chi connectivity index (χ4n) is 2.60. The molecule has 0 saturated heterocycles. The summed E-state index contributed by atoms with van der Waals surface area (Å²) in [6, 6.07) is 5.11. The van der Waals surface area contributed by atoms with Crippen LogP contribution in [0.3, 0.4) is 0 Å². The molecule has 106 valence electrons. The van der Waals surface area contributed by atoms with E-state index in [9.17, 15) is 14.4 Å². The number of benzene rings is 1. The van der Waals surface area contributed by atoms with E-state index in [1.807, 2.05) is 0 Å². The fraction of sp³-hybridized carbons (Fsp3) is 0.400. The van der Waals surface area contributed by atoms with Crippen molar-refractivity contribution in [3.63, 3.8) is 0 Å². The van der Waals surface area contributed by atoms with Crippen LogP contribution in [0.1, 0.15) is 22.8 Å². The largest absolute Gasteiger partial charge is 0.497 e. The van der Waals surface area contributed by atoms with E-state index in [1.54, 1.807) is 32.2 Å². The molecule has 0 saturated carbocycles. The zero-order valence-corrected chi connectivity index (χ0v) is 11.6. The van der Waals surface area contributed by atoms with E-state index in [0.29, 0.717) is 17.7 Å². The summed E-state index contributed by atoms with van der Waals surface area (Å²) in [4.78, 5) is 35.8. The Bertz CT molecular complexity index is 576. The number of rotatable bonds is 3. The van der Waals surface area contributed by atoms with Crippen molar-refractivity contribution in [2.45, 2.75) is 13.3 Å². The summed E-state index contributed by atoms with van der Waals surface area (Å²) in [5.74, 6) is -2.59. The van der Waals surface area contributed by atoms with Crippen LogP contribution in [-0.4, -0.2) is 31.8 Å². The molecular formula is C15H16O5. The first-order valence-corrected chi connectivity index (χ1v) is 6.32. The second-order valence-corrected chi connectivity index (χ2v) is 4.90. The average molecular weight is 276 g/mol. The molecule has 20 heavy (non-hydrogen) atoms. The Morgan fingerprint density at radius 2 is 1.95 bits per heavy atom. The molecule has 0 N–H and O–H groups in total. The number of esters is 1. The summed E-state index contributed by atoms with van der Waals surface area (Å²) in [5.41, 5.74) is 1.32. The van der Waals surface area contributed by atoms with E-state index >= 15 is 0 Å². The van der Waals surface area contributed by atoms with Gasteiger partial charge in [-0.3, -0.25) is 9.59 Å². The van der Waals surface area contributed by atoms with Gasteiger partial charge < -0.3 is 9.47 Å². The summed E-state index contributed by atoms with van der Waals surface area (Å²) in [6.45, 7) is 1.78. The second-order valence-electron chi connectivity index (χ2n) is 4.90. The molecular weight excluding hydrogens is 260 g/mol. The molecule has 0 bridgehead atoms. The average Bonchev–Trinajstić information content (AvgIpc) is 2.45. The first-order valence-electron chi connectivity index (χ1n) is 6.32. The number of ether oxygens (including phenoxy) is 2. The maximum Gasteiger partial charge on any atom is 0.375 e. The van der Waals surface area contributed by atoms with Crippen LogP contribution in [0.15, 0.2) is 18.2 Å². The number of Topliss-reactive ketones (excluding diaryl/α,β-unsaturated/α-hetero) is 2. The molecule has 0 radical (unpaired) electrons. The van der Waals surface area contributed by atoms with Crippen molar-refractivity contribution in [1.29, 1.82) is 0 Å². The zero-order valence-electron chi connectivity index (χ0n) is 11.6. The number of methoxy groups -OCH3 is 2. The predicted molar refractivity (Wildman–Crippen MR) is 70.7 cm³/mol. The number of hydrogen-bond donors (Lipinski definition) is 0. The number of fused-ring (bicyclic) bond motifs is 1. The van der Waals surface area contributed by atoms with E-state index in [2.05, 4.69) is 4.74 Å². The van der Waals surface area contributed by atoms with Crippen molar-refractivity contribution in [3.05, 3.63) is 29.3 Å². The summed E-state index contributed by atoms with van der Waals surface area (Å²) in [5, 5.41) is 0. The molecule has 1 aliphatic carbocycles. The topological polar surface area (TPSA) is 69.7 Å². The van der Waals surface area contributed by atoms with Gasteiger partial charge in [-0.25, -0.2) is 4.79 Å². The molecule has 5 nitrogen and oxygen atoms in total. The van der Waals surface area contributed by atoms with Gasteiger partial charge in [0, 0.05) is 5.56 Å². The summed E-state index contributed by atoms with van der Waals surface area (Å²) in [6.07, 6.45) is 0.547. The zero-order chi connectivity index (χ0) is 14.9. The molecule has 1 aliphatic rings. The van der Waals surface area contributed by atoms with Gasteiger partial charge >= 0.3 is 5.97 Å². The van der Waals surface area contributed by atoms with E-state index in [0.717, 1.165) is 12.7 Å². The van der Waals surface area contributed by atoms with Crippen LogP contribution in [0.25, 0.3) is 0 Å². The summed E-state index contributed by atoms with van der Waals surface area (Å²) >= 11 is 0. The quantitative estimate of drug-likeness (QED) is 0.474. The van der Waals surface area contributed by atoms with E-state index in [-0.39, 0.29) is 11.7 Å². The van der Waals surface area contributed by atoms with Crippen molar-refractivity contribution in [2.75, 3.05) is 14.2 Å². The molecule has 0 aliphatic heterocycles. The molecule has 0 amide bonds. The van der Waals surface area contributed by atoms with Crippen molar-refractivity contribution in [3.8, 4) is 5.75 Å². The smallest absolute Gasteiger partial charge is 0.375 e. The molecule has 0 spiro atoms. The number of carbonyl (C=O) groups excluding carboxylic acids is 3. The van der Waals surface area contributed by atoms with Crippen molar-refractivity contribution in [2.24, 2.45) is 11.8 Å². The third-order valence-corrected chi connectivity index (χ3v) is 3.64. The number of hydrogen-bond acceptors (Lipinski definition) is 5. The summed E-state index contributed by atoms with van der Waals surface area (Å²) < 4.78 is 9.55. The minimum absolute atomic E-state index is 0.242. The molecule has 1 aromatic rings. The third-order valence-electron chi connectivity index (χ3n) is 3.64. The van der Waals surface area contributed by atoms with Gasteiger partial charge in [0.15, 0.2) is 5.78 Å². The Balaban J connectivity index is 2.39. The molecule has 0 heterocycles. The van der Waals surface area contributed by atoms with Gasteiger partial charge in [-0.05, 0) is 36.1 Å². The Morgan fingerprint density at radius 3 is 2.55 bits per heavy atom. The molecule has 2 unspecified atom stereocenters. The lowest BCUT2D eigenvalue weighted by Crippen LogP contribution is -2.39. The Hall–Kier alpha value is -2.17. The van der Waals surface area contributed by atoms with E-state index < -0.39 is 17.7 Å². The SMILES string of the molecule is COC(=O)C(=O)C1C(=O)c2ccc(OC)cc2CC1C. The van der Waals surface area contributed by atoms with Gasteiger partial charge in [0.1, 0.15) is 5.75 Å². The van der Waals surface area contributed by atoms with E-state index in [4.69, 9.17) is 4.74 Å². The van der Waals surface area contributed by atoms with Crippen LogP contribution in [0, 0.1) is 11.8 Å². The van der Waals surface area contributed by atoms with Crippen molar-refractivity contribution < 1.29 is 23.9 Å². The molecule has 2 rings (SSSR count). The highest BCUT2D eigenvalue weighted by Gasteiger charge is 2.41. The minimum Gasteiger partial charge on any atom is -0.497 e. The molecule has 2 atom stereocenters. The highest BCUT2D eigenvalue weighted by molar-refractivity contribution is 6.39. The van der Waals surface area contributed by atoms with Crippen LogP contribution < -0.4 is 4.74 Å². The maximum atomic E-state index is 12.4. The highest BCUT2D eigenvalue weighted by atomic mass is 16.5. The van der Waals surface area contributed by atoms with Crippen LogP contribution in [0.2, 0.25) is 0 Å². The standard InChI is InChI=1S/C15H16O5/c1-8-6-9-7-10(19-2)4-5-11(9)13(16)12(8)14(17)15(18)20-3/h4-5,7-8,12H,6H2,1-3H3. The van der Waals surface area contributed by atoms with Gasteiger partial charge in [0.05, 0.1) is 20.1 Å². The van der Waals surface area contributed by atoms with Gasteiger partial charge in [-0.1, -0.05) is 6.92 Å². The van der Waals surface area contributed by atoms with Crippen LogP contribution in [0.4, 0.5) is 0 Å².